The van der Waals surface area contributed by atoms with Gasteiger partial charge in [0.25, 0.3) is 0 Å². The Bertz CT molecular complexity index is 1280. The molecule has 0 amide bonds. The highest BCUT2D eigenvalue weighted by Gasteiger charge is 2.40. The van der Waals surface area contributed by atoms with Crippen LogP contribution in [0.15, 0.2) is 101 Å². The Hall–Kier alpha value is -3.11. The fourth-order valence-corrected chi connectivity index (χ4v) is 4.69. The number of para-hydroxylation sites is 1. The minimum Gasteiger partial charge on any atom is -0.464 e. The molecule has 4 aromatic rings. The second-order valence-electron chi connectivity index (χ2n) is 7.77. The maximum absolute atomic E-state index is 6.43. The van der Waals surface area contributed by atoms with Crippen molar-refractivity contribution in [2.75, 3.05) is 0 Å². The summed E-state index contributed by atoms with van der Waals surface area (Å²) in [7, 11) is 0. The van der Waals surface area contributed by atoms with Gasteiger partial charge in [-0.2, -0.15) is 5.10 Å². The van der Waals surface area contributed by atoms with Gasteiger partial charge >= 0.3 is 0 Å². The maximum Gasteiger partial charge on any atom is 0.213 e. The van der Waals surface area contributed by atoms with Gasteiger partial charge in [0.1, 0.15) is 5.75 Å². The van der Waals surface area contributed by atoms with E-state index in [2.05, 4.69) is 106 Å². The third-order valence-electron chi connectivity index (χ3n) is 5.94. The van der Waals surface area contributed by atoms with Crippen LogP contribution in [0.5, 0.6) is 5.75 Å². The van der Waals surface area contributed by atoms with Gasteiger partial charge in [0, 0.05) is 22.0 Å². The van der Waals surface area contributed by atoms with E-state index in [1.807, 2.05) is 6.07 Å². The first-order chi connectivity index (χ1) is 14.8. The Morgan fingerprint density at radius 1 is 0.833 bits per heavy atom. The van der Waals surface area contributed by atoms with Crippen LogP contribution in [-0.4, -0.2) is 10.7 Å². The van der Waals surface area contributed by atoms with Crippen LogP contribution in [0.25, 0.3) is 10.8 Å². The molecule has 0 aromatic heterocycles. The third-order valence-corrected chi connectivity index (χ3v) is 6.47. The SMILES string of the molecule is Brc1ccc([C@@H]2Oc3ccccc3[C@@H]3CC(c4ccc5ccccc5c4)=NN32)cc1. The number of ether oxygens (including phenoxy) is 1. The summed E-state index contributed by atoms with van der Waals surface area (Å²) in [6, 6.07) is 31.9. The monoisotopic (exact) mass is 454 g/mol. The second-order valence-corrected chi connectivity index (χ2v) is 8.68. The van der Waals surface area contributed by atoms with Crippen LogP contribution in [0.4, 0.5) is 0 Å². The van der Waals surface area contributed by atoms with E-state index in [0.717, 1.165) is 27.9 Å². The number of benzene rings is 4. The van der Waals surface area contributed by atoms with Crippen molar-refractivity contribution in [1.29, 1.82) is 0 Å². The Morgan fingerprint density at radius 2 is 1.60 bits per heavy atom. The van der Waals surface area contributed by atoms with E-state index in [1.165, 1.54) is 21.9 Å². The largest absolute Gasteiger partial charge is 0.464 e. The lowest BCUT2D eigenvalue weighted by atomic mass is 9.95. The summed E-state index contributed by atoms with van der Waals surface area (Å²) in [5.74, 6) is 0.946. The topological polar surface area (TPSA) is 24.8 Å². The van der Waals surface area contributed by atoms with E-state index in [-0.39, 0.29) is 12.3 Å². The molecule has 0 unspecified atom stereocenters. The number of hydrogen-bond acceptors (Lipinski definition) is 3. The Kier molecular flexibility index (Phi) is 4.13. The van der Waals surface area contributed by atoms with Crippen molar-refractivity contribution in [2.24, 2.45) is 5.10 Å². The number of hydrazone groups is 1. The summed E-state index contributed by atoms with van der Waals surface area (Å²) < 4.78 is 7.49. The Balaban J connectivity index is 1.44. The highest BCUT2D eigenvalue weighted by atomic mass is 79.9. The van der Waals surface area contributed by atoms with Crippen molar-refractivity contribution in [3.05, 3.63) is 112 Å². The number of nitrogens with zero attached hydrogens (tertiary/aromatic N) is 2. The average Bonchev–Trinajstić information content (AvgIpc) is 3.25. The minimum atomic E-state index is -0.240. The first-order valence-electron chi connectivity index (χ1n) is 10.1. The number of hydrogen-bond donors (Lipinski definition) is 0. The Morgan fingerprint density at radius 3 is 2.47 bits per heavy atom. The molecule has 4 aromatic carbocycles. The molecule has 2 atom stereocenters. The van der Waals surface area contributed by atoms with Gasteiger partial charge < -0.3 is 4.74 Å². The first-order valence-corrected chi connectivity index (χ1v) is 10.9. The van der Waals surface area contributed by atoms with E-state index in [1.54, 1.807) is 0 Å². The molecule has 6 rings (SSSR count). The van der Waals surface area contributed by atoms with Crippen molar-refractivity contribution in [3.8, 4) is 5.75 Å². The lowest BCUT2D eigenvalue weighted by Crippen LogP contribution is -2.33. The predicted octanol–water partition coefficient (Wildman–Crippen LogP) is 6.84. The third kappa shape index (κ3) is 2.91. The van der Waals surface area contributed by atoms with E-state index in [0.29, 0.717) is 0 Å². The second kappa shape index (κ2) is 6.99. The molecule has 3 nitrogen and oxygen atoms in total. The molecule has 0 bridgehead atoms. The summed E-state index contributed by atoms with van der Waals surface area (Å²) in [6.07, 6.45) is 0.627. The van der Waals surface area contributed by atoms with Gasteiger partial charge in [0.2, 0.25) is 6.23 Å². The molecule has 0 saturated heterocycles. The molecule has 0 saturated carbocycles. The van der Waals surface area contributed by atoms with Crippen LogP contribution in [0.2, 0.25) is 0 Å². The fraction of sp³-hybridized carbons (Fsp3) is 0.115. The lowest BCUT2D eigenvalue weighted by Gasteiger charge is -2.38. The summed E-state index contributed by atoms with van der Waals surface area (Å²) >= 11 is 3.53. The molecule has 30 heavy (non-hydrogen) atoms. The van der Waals surface area contributed by atoms with E-state index < -0.39 is 0 Å². The summed E-state index contributed by atoms with van der Waals surface area (Å²) in [5, 5.41) is 9.70. The van der Waals surface area contributed by atoms with Crippen LogP contribution < -0.4 is 4.74 Å². The van der Waals surface area contributed by atoms with Crippen molar-refractivity contribution in [3.63, 3.8) is 0 Å². The predicted molar refractivity (Wildman–Crippen MR) is 124 cm³/mol. The maximum atomic E-state index is 6.43. The summed E-state index contributed by atoms with van der Waals surface area (Å²) in [6.45, 7) is 0. The first kappa shape index (κ1) is 17.7. The molecule has 0 fully saturated rings. The standard InChI is InChI=1S/C26H19BrN2O/c27-21-13-11-18(12-14-21)26-29-24(22-7-3-4-8-25(22)30-26)16-23(28-29)20-10-9-17-5-1-2-6-19(17)15-20/h1-15,24,26H,16H2/t24-,26-/m0/s1. The van der Waals surface area contributed by atoms with Gasteiger partial charge in [0.05, 0.1) is 11.8 Å². The zero-order chi connectivity index (χ0) is 20.1. The van der Waals surface area contributed by atoms with Crippen molar-refractivity contribution >= 4 is 32.4 Å². The van der Waals surface area contributed by atoms with Crippen LogP contribution in [0.1, 0.15) is 35.4 Å². The van der Waals surface area contributed by atoms with Crippen molar-refractivity contribution in [1.82, 2.24) is 5.01 Å². The molecule has 0 spiro atoms. The summed E-state index contributed by atoms with van der Waals surface area (Å²) in [5.41, 5.74) is 4.58. The zero-order valence-electron chi connectivity index (χ0n) is 16.2. The minimum absolute atomic E-state index is 0.171. The molecule has 2 aliphatic rings. The molecule has 0 N–H and O–H groups in total. The quantitative estimate of drug-likeness (QED) is 0.331. The lowest BCUT2D eigenvalue weighted by molar-refractivity contribution is -0.0190. The van der Waals surface area contributed by atoms with Gasteiger partial charge in [-0.15, -0.1) is 0 Å². The number of rotatable bonds is 2. The zero-order valence-corrected chi connectivity index (χ0v) is 17.8. The van der Waals surface area contributed by atoms with Crippen molar-refractivity contribution < 1.29 is 4.74 Å². The van der Waals surface area contributed by atoms with Gasteiger partial charge in [-0.3, -0.25) is 0 Å². The van der Waals surface area contributed by atoms with Crippen LogP contribution in [-0.2, 0) is 0 Å². The molecule has 0 radical (unpaired) electrons. The van der Waals surface area contributed by atoms with Gasteiger partial charge in [-0.25, -0.2) is 5.01 Å². The van der Waals surface area contributed by atoms with E-state index >= 15 is 0 Å². The molecular formula is C26H19BrN2O. The van der Waals surface area contributed by atoms with Crippen LogP contribution >= 0.6 is 15.9 Å². The molecule has 146 valence electrons. The molecule has 0 aliphatic carbocycles. The molecule has 2 heterocycles. The van der Waals surface area contributed by atoms with Crippen LogP contribution in [0.3, 0.4) is 0 Å². The highest BCUT2D eigenvalue weighted by molar-refractivity contribution is 9.10. The van der Waals surface area contributed by atoms with Crippen LogP contribution in [0, 0.1) is 0 Å². The summed E-state index contributed by atoms with van der Waals surface area (Å²) in [4.78, 5) is 0. The molecular weight excluding hydrogens is 436 g/mol. The number of fused-ring (bicyclic) bond motifs is 4. The highest BCUT2D eigenvalue weighted by Crippen LogP contribution is 2.47. The van der Waals surface area contributed by atoms with Gasteiger partial charge in [-0.05, 0) is 40.6 Å². The van der Waals surface area contributed by atoms with Gasteiger partial charge in [-0.1, -0.05) is 82.7 Å². The van der Waals surface area contributed by atoms with Gasteiger partial charge in [0.15, 0.2) is 0 Å². The molecule has 2 aliphatic heterocycles. The molecule has 4 heteroatoms. The average molecular weight is 455 g/mol. The smallest absolute Gasteiger partial charge is 0.213 e. The normalized spacial score (nSPS) is 19.8. The van der Waals surface area contributed by atoms with E-state index in [4.69, 9.17) is 9.84 Å². The number of halogens is 1. The van der Waals surface area contributed by atoms with E-state index in [9.17, 15) is 0 Å². The Labute approximate surface area is 183 Å². The van der Waals surface area contributed by atoms with Crippen molar-refractivity contribution in [2.45, 2.75) is 18.7 Å². The fourth-order valence-electron chi connectivity index (χ4n) is 4.42.